The van der Waals surface area contributed by atoms with E-state index >= 15 is 0 Å². The van der Waals surface area contributed by atoms with Crippen LogP contribution < -0.4 is 11.4 Å². The molecule has 1 aliphatic heterocycles. The third-order valence-electron chi connectivity index (χ3n) is 6.45. The normalized spacial score (nSPS) is 24.8. The smallest absolute Gasteiger partial charge is 0.395 e. The molecule has 3 rings (SSSR count). The highest BCUT2D eigenvalue weighted by molar-refractivity contribution is 8.13. The first-order valence-electron chi connectivity index (χ1n) is 12.5. The number of nitrogens with two attached hydrogens (primary N) is 1. The minimum atomic E-state index is -4.02. The Morgan fingerprint density at radius 3 is 2.60 bits per heavy atom. The molecular formula is C25H37N4O9PS. The molecule has 0 spiro atoms. The molecule has 13 nitrogen and oxygen atoms in total. The van der Waals surface area contributed by atoms with Gasteiger partial charge in [0.25, 0.3) is 0 Å². The standard InChI is InChI=1S/C25H37N4O9PS/c1-24(2,16-30)22(32)40-13-12-36-39(35,28(4)14-17-8-6-5-7-9-17)37-15-18-20(31)25(3,34)21(38-18)29-11-10-19(26)27-23(29)33/h5-11,18,20-21,30-31,34H,12-16H2,1-4H3,(H2,26,27,33)/t18-,20+,21-,25?,39?/m1/s1. The fraction of sp³-hybridized carbons (Fsp3) is 0.560. The van der Waals surface area contributed by atoms with Gasteiger partial charge in [-0.3, -0.25) is 18.4 Å². The second-order valence-electron chi connectivity index (χ2n) is 10.3. The number of nitrogen functional groups attached to an aromatic ring is 1. The van der Waals surface area contributed by atoms with Gasteiger partial charge in [0, 0.05) is 18.5 Å². The van der Waals surface area contributed by atoms with Crippen LogP contribution in [0.15, 0.2) is 47.4 Å². The monoisotopic (exact) mass is 600 g/mol. The zero-order valence-corrected chi connectivity index (χ0v) is 24.6. The van der Waals surface area contributed by atoms with Crippen LogP contribution in [0.25, 0.3) is 0 Å². The molecule has 1 aliphatic rings. The number of carbonyl (C=O) groups is 1. The van der Waals surface area contributed by atoms with Crippen LogP contribution in [0.3, 0.4) is 0 Å². The number of hydrogen-bond acceptors (Lipinski definition) is 12. The number of aliphatic hydroxyl groups is 3. The van der Waals surface area contributed by atoms with E-state index in [4.69, 9.17) is 19.5 Å². The summed E-state index contributed by atoms with van der Waals surface area (Å²) in [7, 11) is -2.48. The summed E-state index contributed by atoms with van der Waals surface area (Å²) in [6, 6.07) is 10.6. The number of thioether (sulfide) groups is 1. The van der Waals surface area contributed by atoms with Crippen molar-refractivity contribution in [2.75, 3.05) is 38.4 Å². The van der Waals surface area contributed by atoms with E-state index in [-0.39, 0.29) is 36.4 Å². The molecular weight excluding hydrogens is 563 g/mol. The lowest BCUT2D eigenvalue weighted by molar-refractivity contribution is -0.119. The van der Waals surface area contributed by atoms with Crippen molar-refractivity contribution in [2.45, 2.75) is 51.4 Å². The third-order valence-corrected chi connectivity index (χ3v) is 9.60. The van der Waals surface area contributed by atoms with Crippen LogP contribution in [0.1, 0.15) is 32.6 Å². The van der Waals surface area contributed by atoms with E-state index in [1.165, 1.54) is 23.9 Å². The van der Waals surface area contributed by atoms with Crippen molar-refractivity contribution >= 4 is 30.4 Å². The maximum absolute atomic E-state index is 14.0. The highest BCUT2D eigenvalue weighted by Gasteiger charge is 2.54. The van der Waals surface area contributed by atoms with Crippen LogP contribution in [0.2, 0.25) is 0 Å². The van der Waals surface area contributed by atoms with Crippen LogP contribution >= 0.6 is 19.5 Å². The second kappa shape index (κ2) is 13.2. The molecule has 1 aromatic heterocycles. The van der Waals surface area contributed by atoms with Crippen LogP contribution in [0.4, 0.5) is 5.82 Å². The van der Waals surface area contributed by atoms with Gasteiger partial charge in [0.05, 0.1) is 25.2 Å². The van der Waals surface area contributed by atoms with Crippen molar-refractivity contribution in [1.29, 1.82) is 0 Å². The molecule has 1 aromatic carbocycles. The quantitative estimate of drug-likeness (QED) is 0.191. The fourth-order valence-corrected chi connectivity index (χ4v) is 6.26. The number of anilines is 1. The first kappa shape index (κ1) is 32.4. The van der Waals surface area contributed by atoms with Crippen molar-refractivity contribution < 1.29 is 38.5 Å². The number of benzene rings is 1. The Bertz CT molecular complexity index is 1260. The third kappa shape index (κ3) is 7.58. The molecule has 0 saturated carbocycles. The van der Waals surface area contributed by atoms with E-state index in [1.54, 1.807) is 20.9 Å². The molecule has 1 fully saturated rings. The predicted octanol–water partition coefficient (Wildman–Crippen LogP) is 1.39. The van der Waals surface area contributed by atoms with Gasteiger partial charge in [-0.25, -0.2) is 14.0 Å². The molecule has 0 amide bonds. The zero-order valence-electron chi connectivity index (χ0n) is 22.9. The molecule has 15 heteroatoms. The molecule has 0 aliphatic carbocycles. The molecule has 2 unspecified atom stereocenters. The molecule has 5 N–H and O–H groups in total. The Morgan fingerprint density at radius 1 is 1.30 bits per heavy atom. The van der Waals surface area contributed by atoms with Gasteiger partial charge in [-0.15, -0.1) is 0 Å². The summed E-state index contributed by atoms with van der Waals surface area (Å²) >= 11 is 0.944. The fourth-order valence-electron chi connectivity index (χ4n) is 3.87. The lowest BCUT2D eigenvalue weighted by atomic mass is 9.96. The molecule has 5 atom stereocenters. The topological polar surface area (TPSA) is 187 Å². The van der Waals surface area contributed by atoms with Crippen molar-refractivity contribution in [1.82, 2.24) is 14.2 Å². The number of carbonyl (C=O) groups excluding carboxylic acids is 1. The van der Waals surface area contributed by atoms with Crippen LogP contribution in [-0.2, 0) is 29.7 Å². The predicted molar refractivity (Wildman–Crippen MR) is 149 cm³/mol. The van der Waals surface area contributed by atoms with Crippen molar-refractivity contribution in [3.63, 3.8) is 0 Å². The SMILES string of the molecule is CN(Cc1ccccc1)P(=O)(OCCSC(=O)C(C)(C)CO)OC[C@H]1O[C@@H](n2ccc(N)nc2=O)C(C)(O)[C@H]1O. The van der Waals surface area contributed by atoms with E-state index in [0.717, 1.165) is 21.9 Å². The van der Waals surface area contributed by atoms with Crippen LogP contribution in [0.5, 0.6) is 0 Å². The number of ether oxygens (including phenoxy) is 1. The molecule has 222 valence electrons. The zero-order chi connectivity index (χ0) is 29.7. The summed E-state index contributed by atoms with van der Waals surface area (Å²) in [5.41, 5.74) is 2.74. The number of aromatic nitrogens is 2. The van der Waals surface area contributed by atoms with E-state index in [0.29, 0.717) is 0 Å². The second-order valence-corrected chi connectivity index (χ2v) is 13.5. The first-order valence-corrected chi connectivity index (χ1v) is 15.0. The van der Waals surface area contributed by atoms with Gasteiger partial charge in [0.15, 0.2) is 11.3 Å². The van der Waals surface area contributed by atoms with Gasteiger partial charge < -0.3 is 25.8 Å². The Hall–Kier alpha value is -2.13. The van der Waals surface area contributed by atoms with Crippen molar-refractivity contribution in [3.05, 3.63) is 58.6 Å². The number of nitrogens with zero attached hydrogens (tertiary/aromatic N) is 3. The maximum Gasteiger partial charge on any atom is 0.408 e. The van der Waals surface area contributed by atoms with Gasteiger partial charge in [-0.05, 0) is 39.4 Å². The average Bonchev–Trinajstić information content (AvgIpc) is 3.13. The Labute approximate surface area is 236 Å². The molecule has 0 radical (unpaired) electrons. The highest BCUT2D eigenvalue weighted by Crippen LogP contribution is 2.53. The minimum absolute atomic E-state index is 0.0151. The minimum Gasteiger partial charge on any atom is -0.395 e. The summed E-state index contributed by atoms with van der Waals surface area (Å²) < 4.78 is 33.6. The number of hydrogen-bond donors (Lipinski definition) is 4. The maximum atomic E-state index is 14.0. The first-order chi connectivity index (χ1) is 18.7. The Morgan fingerprint density at radius 2 is 1.98 bits per heavy atom. The molecule has 40 heavy (non-hydrogen) atoms. The summed E-state index contributed by atoms with van der Waals surface area (Å²) in [4.78, 5) is 28.3. The lowest BCUT2D eigenvalue weighted by Gasteiger charge is -2.29. The molecule has 0 bridgehead atoms. The van der Waals surface area contributed by atoms with Gasteiger partial charge in [-0.2, -0.15) is 4.98 Å². The molecule has 1 saturated heterocycles. The Balaban J connectivity index is 1.73. The van der Waals surface area contributed by atoms with Crippen molar-refractivity contribution in [3.8, 4) is 0 Å². The lowest BCUT2D eigenvalue weighted by Crippen LogP contribution is -2.46. The summed E-state index contributed by atoms with van der Waals surface area (Å²) in [5, 5.41) is 30.9. The van der Waals surface area contributed by atoms with Gasteiger partial charge >= 0.3 is 13.4 Å². The van der Waals surface area contributed by atoms with E-state index in [9.17, 15) is 29.5 Å². The number of rotatable bonds is 13. The van der Waals surface area contributed by atoms with Crippen LogP contribution in [-0.4, -0.2) is 85.1 Å². The average molecular weight is 601 g/mol. The van der Waals surface area contributed by atoms with Gasteiger partial charge in [-0.1, -0.05) is 42.1 Å². The molecule has 2 heterocycles. The summed E-state index contributed by atoms with van der Waals surface area (Å²) in [6.45, 7) is 3.85. The highest BCUT2D eigenvalue weighted by atomic mass is 32.2. The van der Waals surface area contributed by atoms with E-state index < -0.39 is 49.5 Å². The molecule has 2 aromatic rings. The largest absolute Gasteiger partial charge is 0.408 e. The van der Waals surface area contributed by atoms with Gasteiger partial charge in [0.1, 0.15) is 23.6 Å². The Kier molecular flexibility index (Phi) is 10.7. The summed E-state index contributed by atoms with van der Waals surface area (Å²) in [6.07, 6.45) is -2.74. The van der Waals surface area contributed by atoms with E-state index in [2.05, 4.69) is 4.98 Å². The van der Waals surface area contributed by atoms with E-state index in [1.807, 2.05) is 30.3 Å². The van der Waals surface area contributed by atoms with Crippen LogP contribution in [0, 0.1) is 5.41 Å². The number of aliphatic hydroxyl groups excluding tert-OH is 2. The summed E-state index contributed by atoms with van der Waals surface area (Å²) in [5.74, 6) is 0.139. The van der Waals surface area contributed by atoms with Gasteiger partial charge in [0.2, 0.25) is 0 Å². The van der Waals surface area contributed by atoms with Crippen molar-refractivity contribution in [2.24, 2.45) is 5.41 Å².